The number of benzene rings is 2. The van der Waals surface area contributed by atoms with E-state index >= 15 is 0 Å². The minimum Gasteiger partial charge on any atom is -0.405 e. The summed E-state index contributed by atoms with van der Waals surface area (Å²) in [6, 6.07) is 28.4. The van der Waals surface area contributed by atoms with Gasteiger partial charge in [-0.05, 0) is 154 Å². The molecule has 2 aliphatic rings. The lowest BCUT2D eigenvalue weighted by Crippen LogP contribution is -2.41. The molecular weight excluding hydrogens is 1060 g/mol. The largest absolute Gasteiger partial charge is 0.488 e. The highest BCUT2D eigenvalue weighted by atomic mass is 79.9. The molecule has 0 atom stereocenters. The smallest absolute Gasteiger partial charge is 0.405 e. The summed E-state index contributed by atoms with van der Waals surface area (Å²) in [6.45, 7) is 16.2. The highest BCUT2D eigenvalue weighted by Crippen LogP contribution is 2.43. The van der Waals surface area contributed by atoms with Gasteiger partial charge in [0, 0.05) is 34.8 Å². The number of hydrogen-bond acceptors (Lipinski definition) is 10. The topological polar surface area (TPSA) is 147 Å². The first-order valence-electron chi connectivity index (χ1n) is 20.3. The summed E-state index contributed by atoms with van der Waals surface area (Å²) in [5.74, 6) is -0.612. The normalized spacial score (nSPS) is 16.0. The fraction of sp³-hybridized carbons (Fsp3) is 0.261. The number of amides is 2. The highest BCUT2D eigenvalue weighted by molar-refractivity contribution is 9.10. The molecule has 6 aromatic rings. The average molecular weight is 1100 g/mol. The van der Waals surface area contributed by atoms with Gasteiger partial charge in [-0.2, -0.15) is 0 Å². The van der Waals surface area contributed by atoms with Gasteiger partial charge in [0.2, 0.25) is 0 Å². The standard InChI is InChI=1S/C17H11Cl2N3O.C12H24B2O4.C12H8BrClN2O.C5H3BrClN/c18-11-7-8-14(21-10-11)12-4-1-2-6-15(12)22-17(23)13-5-3-9-20-16(13)19;1-9(2)10(3,4)16-13(15-9)14-17-11(5,6)12(7,8)18-14;13-9-5-1-2-6-10(9)16-12(17)8-4-3-7-15-11(8)14;6-5-2-1-4(7)3-8-5/h1-10H,(H,22,23);1-8H3;1-7H,(H,16,17);1-3H. The van der Waals surface area contributed by atoms with Crippen molar-refractivity contribution in [3.05, 3.63) is 162 Å². The van der Waals surface area contributed by atoms with Crippen molar-refractivity contribution in [3.8, 4) is 11.3 Å². The number of nitrogens with zero attached hydrogens (tertiary/aromatic N) is 4. The predicted octanol–water partition coefficient (Wildman–Crippen LogP) is 13.2. The van der Waals surface area contributed by atoms with Gasteiger partial charge in [-0.25, -0.2) is 15.0 Å². The summed E-state index contributed by atoms with van der Waals surface area (Å²) in [5, 5.41) is 7.17. The molecule has 6 heterocycles. The number of nitrogens with one attached hydrogen (secondary N) is 2. The number of carbonyl (C=O) groups is 2. The molecular formula is C46H46B2Br2Cl4N6O6. The number of para-hydroxylation sites is 2. The second-order valence-electron chi connectivity index (χ2n) is 16.5. The van der Waals surface area contributed by atoms with Crippen molar-refractivity contribution in [2.75, 3.05) is 10.6 Å². The van der Waals surface area contributed by atoms with Crippen LogP contribution in [0.3, 0.4) is 0 Å². The fourth-order valence-corrected chi connectivity index (χ4v) is 7.01. The summed E-state index contributed by atoms with van der Waals surface area (Å²) in [5.41, 5.74) is 2.05. The minimum absolute atomic E-state index is 0.159. The van der Waals surface area contributed by atoms with Gasteiger partial charge in [0.25, 0.3) is 11.8 Å². The number of aromatic nitrogens is 4. The Bertz CT molecular complexity index is 2530. The minimum atomic E-state index is -0.476. The van der Waals surface area contributed by atoms with Gasteiger partial charge >= 0.3 is 14.0 Å². The second kappa shape index (κ2) is 22.9. The van der Waals surface area contributed by atoms with E-state index in [4.69, 9.17) is 65.0 Å². The monoisotopic (exact) mass is 1100 g/mol. The van der Waals surface area contributed by atoms with Gasteiger partial charge in [-0.1, -0.05) is 76.7 Å². The molecule has 0 radical (unpaired) electrons. The van der Waals surface area contributed by atoms with E-state index in [1.54, 1.807) is 73.1 Å². The Morgan fingerprint density at radius 2 is 0.939 bits per heavy atom. The van der Waals surface area contributed by atoms with Crippen LogP contribution in [0.25, 0.3) is 11.3 Å². The van der Waals surface area contributed by atoms with Crippen LogP contribution in [0, 0.1) is 0 Å². The molecule has 2 N–H and O–H groups in total. The summed E-state index contributed by atoms with van der Waals surface area (Å²) in [4.78, 5) is 40.2. The molecule has 0 aliphatic carbocycles. The first-order chi connectivity index (χ1) is 31.0. The first-order valence-corrected chi connectivity index (χ1v) is 23.4. The summed E-state index contributed by atoms with van der Waals surface area (Å²) >= 11 is 29.7. The lowest BCUT2D eigenvalue weighted by Gasteiger charge is -2.32. The third-order valence-electron chi connectivity index (χ3n) is 10.8. The van der Waals surface area contributed by atoms with Gasteiger partial charge in [-0.15, -0.1) is 0 Å². The molecule has 2 fully saturated rings. The number of rotatable bonds is 6. The Balaban J connectivity index is 0.000000173. The zero-order chi connectivity index (χ0) is 48.5. The molecule has 4 aromatic heterocycles. The van der Waals surface area contributed by atoms with Crippen LogP contribution < -0.4 is 10.6 Å². The van der Waals surface area contributed by atoms with E-state index in [0.29, 0.717) is 38.2 Å². The van der Waals surface area contributed by atoms with Crippen LogP contribution >= 0.6 is 78.3 Å². The van der Waals surface area contributed by atoms with Crippen LogP contribution in [0.2, 0.25) is 20.4 Å². The average Bonchev–Trinajstić information content (AvgIpc) is 3.63. The molecule has 0 spiro atoms. The third kappa shape index (κ3) is 14.1. The Labute approximate surface area is 422 Å². The van der Waals surface area contributed by atoms with Crippen molar-refractivity contribution in [1.29, 1.82) is 0 Å². The van der Waals surface area contributed by atoms with E-state index in [1.165, 1.54) is 12.4 Å². The van der Waals surface area contributed by atoms with E-state index in [9.17, 15) is 9.59 Å². The molecule has 344 valence electrons. The van der Waals surface area contributed by atoms with E-state index in [-0.39, 0.29) is 44.5 Å². The van der Waals surface area contributed by atoms with Crippen molar-refractivity contribution < 1.29 is 28.2 Å². The van der Waals surface area contributed by atoms with Gasteiger partial charge < -0.3 is 29.3 Å². The van der Waals surface area contributed by atoms with Gasteiger partial charge in [0.15, 0.2) is 0 Å². The maximum absolute atomic E-state index is 12.4. The first kappa shape index (κ1) is 53.0. The Morgan fingerprint density at radius 3 is 1.35 bits per heavy atom. The van der Waals surface area contributed by atoms with Gasteiger partial charge in [0.1, 0.15) is 14.9 Å². The molecule has 0 unspecified atom stereocenters. The second-order valence-corrected chi connectivity index (χ2v) is 19.8. The van der Waals surface area contributed by atoms with Crippen LogP contribution in [-0.4, -0.2) is 68.2 Å². The summed E-state index contributed by atoms with van der Waals surface area (Å²) in [7, 11) is -0.952. The quantitative estimate of drug-likeness (QED) is 0.122. The number of pyridine rings is 4. The van der Waals surface area contributed by atoms with E-state index in [2.05, 4.69) is 62.4 Å². The molecule has 66 heavy (non-hydrogen) atoms. The van der Waals surface area contributed by atoms with Crippen molar-refractivity contribution >= 4 is 115 Å². The molecule has 2 aliphatic heterocycles. The lowest BCUT2D eigenvalue weighted by atomic mass is 9.49. The molecule has 0 bridgehead atoms. The Kier molecular flexibility index (Phi) is 18.4. The van der Waals surface area contributed by atoms with Crippen molar-refractivity contribution in [2.24, 2.45) is 0 Å². The van der Waals surface area contributed by atoms with Crippen molar-refractivity contribution in [2.45, 2.75) is 77.8 Å². The molecule has 2 amide bonds. The van der Waals surface area contributed by atoms with Crippen LogP contribution in [0.4, 0.5) is 11.4 Å². The van der Waals surface area contributed by atoms with Crippen molar-refractivity contribution in [3.63, 3.8) is 0 Å². The third-order valence-corrected chi connectivity index (χ3v) is 13.0. The maximum atomic E-state index is 12.4. The number of halogens is 6. The molecule has 8 rings (SSSR count). The molecule has 2 saturated heterocycles. The molecule has 20 heteroatoms. The molecule has 12 nitrogen and oxygen atoms in total. The van der Waals surface area contributed by atoms with Crippen LogP contribution in [0.5, 0.6) is 0 Å². The predicted molar refractivity (Wildman–Crippen MR) is 272 cm³/mol. The van der Waals surface area contributed by atoms with E-state index in [0.717, 1.165) is 14.6 Å². The van der Waals surface area contributed by atoms with Gasteiger partial charge in [0.05, 0.1) is 60.6 Å². The maximum Gasteiger partial charge on any atom is 0.488 e. The Morgan fingerprint density at radius 1 is 0.515 bits per heavy atom. The molecule has 2 aromatic carbocycles. The Hall–Kier alpha value is -3.93. The number of anilines is 2. The van der Waals surface area contributed by atoms with Crippen LogP contribution in [-0.2, 0) is 18.6 Å². The van der Waals surface area contributed by atoms with Crippen LogP contribution in [0.1, 0.15) is 76.1 Å². The SMILES string of the molecule is CC1(C)OB(B2OC(C)(C)C(C)(C)O2)OC1(C)C.Clc1ccc(Br)nc1.O=C(Nc1ccccc1-c1ccc(Cl)cn1)c1cccnc1Cl.O=C(Nc1ccccc1Br)c1cccnc1Cl. The highest BCUT2D eigenvalue weighted by Gasteiger charge is 2.63. The van der Waals surface area contributed by atoms with E-state index < -0.39 is 14.0 Å². The number of carbonyl (C=O) groups excluding carboxylic acids is 2. The van der Waals surface area contributed by atoms with Gasteiger partial charge in [-0.3, -0.25) is 14.6 Å². The zero-order valence-corrected chi connectivity index (χ0v) is 43.4. The van der Waals surface area contributed by atoms with Crippen LogP contribution in [0.15, 0.2) is 131 Å². The fourth-order valence-electron chi connectivity index (χ4n) is 5.76. The van der Waals surface area contributed by atoms with Crippen molar-refractivity contribution in [1.82, 2.24) is 19.9 Å². The zero-order valence-electron chi connectivity index (χ0n) is 37.2. The number of hydrogen-bond donors (Lipinski definition) is 2. The lowest BCUT2D eigenvalue weighted by molar-refractivity contribution is 0.00578. The summed E-state index contributed by atoms with van der Waals surface area (Å²) < 4.78 is 25.5. The van der Waals surface area contributed by atoms with E-state index in [1.807, 2.05) is 91.8 Å². The summed E-state index contributed by atoms with van der Waals surface area (Å²) in [6.07, 6.45) is 6.22. The molecule has 0 saturated carbocycles.